The number of anilines is 1. The summed E-state index contributed by atoms with van der Waals surface area (Å²) in [4.78, 5) is 28.7. The van der Waals surface area contributed by atoms with Gasteiger partial charge in [-0.2, -0.15) is 0 Å². The molecule has 0 saturated carbocycles. The van der Waals surface area contributed by atoms with Gasteiger partial charge < -0.3 is 5.32 Å². The summed E-state index contributed by atoms with van der Waals surface area (Å²) in [5.74, 6) is -13.3. The molecule has 0 radical (unpaired) electrons. The molecule has 1 aromatic heterocycles. The summed E-state index contributed by atoms with van der Waals surface area (Å²) >= 11 is 0. The number of benzene rings is 3. The molecule has 0 aliphatic rings. The number of carbonyl (C=O) groups excluding carboxylic acids is 1. The van der Waals surface area contributed by atoms with Gasteiger partial charge in [0.2, 0.25) is 5.91 Å². The van der Waals surface area contributed by atoms with Gasteiger partial charge in [0.25, 0.3) is 5.56 Å². The lowest BCUT2D eigenvalue weighted by Crippen LogP contribution is -2.24. The molecule has 0 fully saturated rings. The summed E-state index contributed by atoms with van der Waals surface area (Å²) in [6.07, 6.45) is -0.476. The van der Waals surface area contributed by atoms with Gasteiger partial charge in [-0.05, 0) is 48.9 Å². The number of hydrogen-bond donors (Lipinski definition) is 1. The van der Waals surface area contributed by atoms with Crippen molar-refractivity contribution in [1.29, 1.82) is 0 Å². The molecule has 1 heterocycles. The largest absolute Gasteiger partial charge is 0.326 e. The summed E-state index contributed by atoms with van der Waals surface area (Å²) in [5, 5.41) is 1.35. The van der Waals surface area contributed by atoms with Gasteiger partial charge in [-0.1, -0.05) is 0 Å². The lowest BCUT2D eigenvalue weighted by molar-refractivity contribution is -0.115. The van der Waals surface area contributed by atoms with Gasteiger partial charge in [-0.25, -0.2) is 35.7 Å². The molecule has 4 rings (SSSR count). The predicted molar refractivity (Wildman–Crippen MR) is 111 cm³/mol. The highest BCUT2D eigenvalue weighted by Gasteiger charge is 2.25. The lowest BCUT2D eigenvalue weighted by Gasteiger charge is -2.13. The lowest BCUT2D eigenvalue weighted by atomic mass is 10.1. The summed E-state index contributed by atoms with van der Waals surface area (Å²) in [5.41, 5.74) is -2.01. The average Bonchev–Trinajstić information content (AvgIpc) is 2.80. The van der Waals surface area contributed by atoms with Crippen molar-refractivity contribution in [2.45, 2.75) is 13.3 Å². The zero-order valence-electron chi connectivity index (χ0n) is 17.5. The minimum Gasteiger partial charge on any atom is -0.326 e. The summed E-state index contributed by atoms with van der Waals surface area (Å²) < 4.78 is 96.0. The summed E-state index contributed by atoms with van der Waals surface area (Å²) in [6.45, 7) is 1.26. The first-order valence-corrected chi connectivity index (χ1v) is 9.78. The van der Waals surface area contributed by atoms with E-state index in [-0.39, 0.29) is 22.8 Å². The molecule has 1 amide bonds. The third-order valence-electron chi connectivity index (χ3n) is 5.07. The Hall–Kier alpha value is -4.22. The number of amides is 1. The molecule has 35 heavy (non-hydrogen) atoms. The molecule has 0 aliphatic carbocycles. The highest BCUT2D eigenvalue weighted by Crippen LogP contribution is 2.24. The smallest absolute Gasteiger partial charge is 0.269 e. The Kier molecular flexibility index (Phi) is 6.05. The Morgan fingerprint density at radius 3 is 2.03 bits per heavy atom. The molecule has 0 aliphatic heterocycles. The van der Waals surface area contributed by atoms with Gasteiger partial charge in [0, 0.05) is 5.69 Å². The van der Waals surface area contributed by atoms with Crippen LogP contribution in [0.4, 0.5) is 36.4 Å². The first-order valence-electron chi connectivity index (χ1n) is 9.78. The Labute approximate surface area is 191 Å². The van der Waals surface area contributed by atoms with Gasteiger partial charge in [-0.3, -0.25) is 14.2 Å². The fourth-order valence-corrected chi connectivity index (χ4v) is 3.49. The zero-order chi connectivity index (χ0) is 25.6. The maximum Gasteiger partial charge on any atom is 0.269 e. The number of halogens is 7. The minimum absolute atomic E-state index is 0.0760. The van der Waals surface area contributed by atoms with Crippen LogP contribution in [0, 0.1) is 47.6 Å². The molecule has 0 saturated heterocycles. The van der Waals surface area contributed by atoms with E-state index in [4.69, 9.17) is 0 Å². The molecular formula is C23H12F7N3O2. The van der Waals surface area contributed by atoms with E-state index in [0.29, 0.717) is 12.1 Å². The van der Waals surface area contributed by atoms with Crippen LogP contribution in [0.2, 0.25) is 0 Å². The van der Waals surface area contributed by atoms with E-state index in [9.17, 15) is 40.3 Å². The number of nitrogens with one attached hydrogen (secondary N) is 1. The SMILES string of the molecule is Cc1nc2c(F)c(F)c(F)c(F)c2c(=O)n1-c1ccc(NC(=O)Cc2cc(F)c(F)c(F)c2)cc1. The van der Waals surface area contributed by atoms with Crippen LogP contribution >= 0.6 is 0 Å². The van der Waals surface area contributed by atoms with Crippen LogP contribution < -0.4 is 10.9 Å². The van der Waals surface area contributed by atoms with Crippen LogP contribution in [-0.4, -0.2) is 15.5 Å². The average molecular weight is 495 g/mol. The van der Waals surface area contributed by atoms with Crippen molar-refractivity contribution in [3.8, 4) is 5.69 Å². The van der Waals surface area contributed by atoms with Gasteiger partial charge in [0.1, 0.15) is 16.7 Å². The van der Waals surface area contributed by atoms with Crippen molar-refractivity contribution in [2.75, 3.05) is 5.32 Å². The minimum atomic E-state index is -2.15. The Bertz CT molecular complexity index is 1540. The highest BCUT2D eigenvalue weighted by molar-refractivity contribution is 5.92. The van der Waals surface area contributed by atoms with Crippen LogP contribution in [0.1, 0.15) is 11.4 Å². The number of aryl methyl sites for hydroxylation is 1. The van der Waals surface area contributed by atoms with Crippen LogP contribution in [0.5, 0.6) is 0 Å². The van der Waals surface area contributed by atoms with Crippen molar-refractivity contribution in [2.24, 2.45) is 0 Å². The molecule has 0 atom stereocenters. The molecule has 0 unspecified atom stereocenters. The molecule has 12 heteroatoms. The van der Waals surface area contributed by atoms with E-state index in [1.165, 1.54) is 31.2 Å². The summed E-state index contributed by atoms with van der Waals surface area (Å²) in [6, 6.07) is 6.58. The van der Waals surface area contributed by atoms with Gasteiger partial charge >= 0.3 is 0 Å². The normalized spacial score (nSPS) is 11.2. The number of hydrogen-bond acceptors (Lipinski definition) is 3. The first kappa shape index (κ1) is 23.9. The molecule has 0 spiro atoms. The van der Waals surface area contributed by atoms with Crippen molar-refractivity contribution in [1.82, 2.24) is 9.55 Å². The molecule has 0 bridgehead atoms. The molecule has 180 valence electrons. The monoisotopic (exact) mass is 495 g/mol. The molecule has 4 aromatic rings. The second-order valence-corrected chi connectivity index (χ2v) is 7.42. The number of fused-ring (bicyclic) bond motifs is 1. The van der Waals surface area contributed by atoms with Crippen LogP contribution in [0.3, 0.4) is 0 Å². The maximum absolute atomic E-state index is 14.2. The van der Waals surface area contributed by atoms with Crippen LogP contribution in [0.15, 0.2) is 41.2 Å². The van der Waals surface area contributed by atoms with E-state index in [0.717, 1.165) is 4.57 Å². The second-order valence-electron chi connectivity index (χ2n) is 7.42. The summed E-state index contributed by atoms with van der Waals surface area (Å²) in [7, 11) is 0. The van der Waals surface area contributed by atoms with E-state index < -0.39 is 69.5 Å². The molecule has 1 N–H and O–H groups in total. The fraction of sp³-hybridized carbons (Fsp3) is 0.0870. The topological polar surface area (TPSA) is 64.0 Å². The van der Waals surface area contributed by atoms with Crippen molar-refractivity contribution >= 4 is 22.5 Å². The van der Waals surface area contributed by atoms with Crippen molar-refractivity contribution in [3.05, 3.63) is 98.9 Å². The van der Waals surface area contributed by atoms with Crippen molar-refractivity contribution < 1.29 is 35.5 Å². The Morgan fingerprint density at radius 1 is 0.857 bits per heavy atom. The number of aromatic nitrogens is 2. The Morgan fingerprint density at radius 2 is 1.43 bits per heavy atom. The van der Waals surface area contributed by atoms with Crippen molar-refractivity contribution in [3.63, 3.8) is 0 Å². The number of rotatable bonds is 4. The number of nitrogens with zero attached hydrogens (tertiary/aromatic N) is 2. The van der Waals surface area contributed by atoms with Gasteiger partial charge in [0.15, 0.2) is 40.7 Å². The Balaban J connectivity index is 1.63. The van der Waals surface area contributed by atoms with E-state index in [1.807, 2.05) is 0 Å². The van der Waals surface area contributed by atoms with Gasteiger partial charge in [-0.15, -0.1) is 0 Å². The van der Waals surface area contributed by atoms with Crippen LogP contribution in [-0.2, 0) is 11.2 Å². The third-order valence-corrected chi connectivity index (χ3v) is 5.07. The van der Waals surface area contributed by atoms with E-state index >= 15 is 0 Å². The first-order chi connectivity index (χ1) is 16.5. The van der Waals surface area contributed by atoms with Gasteiger partial charge in [0.05, 0.1) is 12.1 Å². The standard InChI is InChI=1S/C23H12F7N3O2/c1-9-31-22-16(18(27)19(28)20(29)21(22)30)23(35)33(9)12-4-2-11(3-5-12)32-15(34)8-10-6-13(24)17(26)14(25)7-10/h2-7H,8H2,1H3,(H,32,34). The second kappa shape index (κ2) is 8.85. The highest BCUT2D eigenvalue weighted by atomic mass is 19.2. The number of carbonyl (C=O) groups is 1. The molecule has 5 nitrogen and oxygen atoms in total. The molecule has 3 aromatic carbocycles. The molecular weight excluding hydrogens is 483 g/mol. The van der Waals surface area contributed by atoms with E-state index in [1.54, 1.807) is 0 Å². The van der Waals surface area contributed by atoms with Crippen LogP contribution in [0.25, 0.3) is 16.6 Å². The quantitative estimate of drug-likeness (QED) is 0.250. The third kappa shape index (κ3) is 4.22. The predicted octanol–water partition coefficient (Wildman–Crippen LogP) is 4.85. The fourth-order valence-electron chi connectivity index (χ4n) is 3.49. The van der Waals surface area contributed by atoms with E-state index in [2.05, 4.69) is 10.3 Å². The zero-order valence-corrected chi connectivity index (χ0v) is 17.5. The maximum atomic E-state index is 14.2.